The second-order valence-electron chi connectivity index (χ2n) is 12.8. The molecule has 12 nitrogen and oxygen atoms in total. The van der Waals surface area contributed by atoms with Crippen LogP contribution in [0.4, 0.5) is 11.4 Å². The first kappa shape index (κ1) is 32.7. The van der Waals surface area contributed by atoms with E-state index in [2.05, 4.69) is 0 Å². The first-order chi connectivity index (χ1) is 21.3. The summed E-state index contributed by atoms with van der Waals surface area (Å²) < 4.78 is 11.4. The van der Waals surface area contributed by atoms with Crippen LogP contribution in [-0.4, -0.2) is 78.2 Å². The van der Waals surface area contributed by atoms with Gasteiger partial charge in [0, 0.05) is 48.7 Å². The number of methoxy groups -OCH3 is 1. The minimum Gasteiger partial charge on any atom is -0.469 e. The Morgan fingerprint density at radius 1 is 1.18 bits per heavy atom. The highest BCUT2D eigenvalue weighted by Gasteiger charge is 2.66. The third kappa shape index (κ3) is 5.89. The van der Waals surface area contributed by atoms with Crippen LogP contribution < -0.4 is 4.90 Å². The van der Waals surface area contributed by atoms with Crippen molar-refractivity contribution in [1.82, 2.24) is 4.90 Å². The fourth-order valence-corrected chi connectivity index (χ4v) is 10.1. The number of unbranched alkanes of at least 4 members (excludes halogenated alkanes) is 1. The van der Waals surface area contributed by atoms with E-state index in [9.17, 15) is 34.4 Å². The Hall–Kier alpha value is -3.65. The zero-order chi connectivity index (χ0) is 32.7. The molecule has 1 spiro atoms. The molecule has 2 N–H and O–H groups in total. The highest BCUT2D eigenvalue weighted by molar-refractivity contribution is 6.71. The summed E-state index contributed by atoms with van der Waals surface area (Å²) in [5.74, 6) is -1.62. The fourth-order valence-electron chi connectivity index (χ4n) is 7.57. The number of hydrogen-bond donors (Lipinski definition) is 2. The number of nitro benzene ring substituents is 1. The molecule has 3 aliphatic rings. The SMILES string of the molecule is COC(=O)CCCCN1C(=O)[C@]2(O[C@H](CC(=O)N3Cc4ccccc4C[C@H]3CO)[C@@H]([Si](C)(C)O)[C@@H]2C)c2cc([N+](=O)[O-])ccc21. The average Bonchev–Trinajstić information content (AvgIpc) is 3.43. The van der Waals surface area contributed by atoms with Crippen molar-refractivity contribution in [1.29, 1.82) is 0 Å². The lowest BCUT2D eigenvalue weighted by molar-refractivity contribution is -0.385. The highest BCUT2D eigenvalue weighted by Crippen LogP contribution is 2.60. The number of rotatable bonds is 10. The van der Waals surface area contributed by atoms with Gasteiger partial charge < -0.3 is 29.2 Å². The molecule has 0 aromatic heterocycles. The molecule has 2 aromatic rings. The van der Waals surface area contributed by atoms with Crippen LogP contribution in [0.1, 0.15) is 49.3 Å². The molecular formula is C32H41N3O9Si. The molecule has 3 aliphatic heterocycles. The van der Waals surface area contributed by atoms with Gasteiger partial charge in [-0.25, -0.2) is 0 Å². The van der Waals surface area contributed by atoms with Crippen molar-refractivity contribution in [2.75, 3.05) is 25.2 Å². The lowest BCUT2D eigenvalue weighted by Crippen LogP contribution is -2.48. The minimum absolute atomic E-state index is 0.122. The summed E-state index contributed by atoms with van der Waals surface area (Å²) in [5, 5.41) is 22.0. The predicted octanol–water partition coefficient (Wildman–Crippen LogP) is 3.42. The van der Waals surface area contributed by atoms with Gasteiger partial charge in [0.25, 0.3) is 11.6 Å². The number of aliphatic hydroxyl groups excluding tert-OH is 1. The molecule has 1 fully saturated rings. The maximum atomic E-state index is 14.4. The number of fused-ring (bicyclic) bond motifs is 3. The molecule has 0 unspecified atom stereocenters. The second-order valence-corrected chi connectivity index (χ2v) is 16.8. The van der Waals surface area contributed by atoms with E-state index in [0.29, 0.717) is 37.1 Å². The van der Waals surface area contributed by atoms with E-state index >= 15 is 0 Å². The van der Waals surface area contributed by atoms with E-state index in [1.807, 2.05) is 31.2 Å². The van der Waals surface area contributed by atoms with E-state index in [4.69, 9.17) is 9.47 Å². The maximum Gasteiger partial charge on any atom is 0.305 e. The highest BCUT2D eigenvalue weighted by atomic mass is 28.4. The topological polar surface area (TPSA) is 160 Å². The molecule has 5 rings (SSSR count). The summed E-state index contributed by atoms with van der Waals surface area (Å²) in [6.45, 7) is 5.68. The van der Waals surface area contributed by atoms with Gasteiger partial charge in [-0.05, 0) is 49.5 Å². The average molecular weight is 640 g/mol. The normalized spacial score (nSPS) is 25.8. The number of nitro groups is 1. The van der Waals surface area contributed by atoms with Gasteiger partial charge in [0.1, 0.15) is 0 Å². The van der Waals surface area contributed by atoms with Gasteiger partial charge in [0.2, 0.25) is 5.91 Å². The van der Waals surface area contributed by atoms with E-state index in [0.717, 1.165) is 11.1 Å². The van der Waals surface area contributed by atoms with Crippen molar-refractivity contribution >= 4 is 37.5 Å². The predicted molar refractivity (Wildman–Crippen MR) is 167 cm³/mol. The molecule has 2 aromatic carbocycles. The van der Waals surface area contributed by atoms with Crippen molar-refractivity contribution < 1.29 is 38.7 Å². The third-order valence-electron chi connectivity index (χ3n) is 9.68. The fraction of sp³-hybridized carbons (Fsp3) is 0.531. The Bertz CT molecular complexity index is 1490. The van der Waals surface area contributed by atoms with Gasteiger partial charge in [0.15, 0.2) is 13.9 Å². The van der Waals surface area contributed by atoms with Crippen LogP contribution in [0.2, 0.25) is 18.6 Å². The largest absolute Gasteiger partial charge is 0.469 e. The Kier molecular flexibility index (Phi) is 9.18. The Morgan fingerprint density at radius 2 is 1.89 bits per heavy atom. The molecule has 242 valence electrons. The number of anilines is 1. The lowest BCUT2D eigenvalue weighted by Gasteiger charge is -2.37. The van der Waals surface area contributed by atoms with Gasteiger partial charge >= 0.3 is 5.97 Å². The second kappa shape index (κ2) is 12.6. The molecule has 5 atom stereocenters. The number of amides is 2. The van der Waals surface area contributed by atoms with Crippen LogP contribution in [0, 0.1) is 16.0 Å². The number of hydrogen-bond acceptors (Lipinski definition) is 9. The quantitative estimate of drug-likeness (QED) is 0.131. The van der Waals surface area contributed by atoms with Gasteiger partial charge in [-0.3, -0.25) is 24.5 Å². The standard InChI is InChI=1S/C32H41N3O9Si/c1-20-30(45(3,4)42)27(17-28(37)34-18-22-10-6-5-9-21(22)15-24(34)19-36)44-32(20)25-16-23(35(40)41)12-13-26(25)33(31(32)39)14-8-7-11-29(38)43-2/h5-6,9-10,12-13,16,20,24,27,30,36,42H,7-8,11,14-15,17-19H2,1-4H3/t20-,24-,27+,30-,32+/m0/s1. The number of ether oxygens (including phenoxy) is 2. The molecule has 3 heterocycles. The van der Waals surface area contributed by atoms with Gasteiger partial charge in [-0.15, -0.1) is 0 Å². The van der Waals surface area contributed by atoms with Crippen LogP contribution in [0.3, 0.4) is 0 Å². The maximum absolute atomic E-state index is 14.4. The van der Waals surface area contributed by atoms with Crippen LogP contribution in [0.15, 0.2) is 42.5 Å². The van der Waals surface area contributed by atoms with Crippen LogP contribution in [-0.2, 0) is 42.4 Å². The molecular weight excluding hydrogens is 598 g/mol. The lowest BCUT2D eigenvalue weighted by atomic mass is 9.82. The number of benzene rings is 2. The molecule has 0 saturated carbocycles. The monoisotopic (exact) mass is 639 g/mol. The number of nitrogens with zero attached hydrogens (tertiary/aromatic N) is 3. The van der Waals surface area contributed by atoms with Gasteiger partial charge in [-0.2, -0.15) is 0 Å². The van der Waals surface area contributed by atoms with Crippen LogP contribution in [0.25, 0.3) is 0 Å². The smallest absolute Gasteiger partial charge is 0.305 e. The Balaban J connectivity index is 1.48. The summed E-state index contributed by atoms with van der Waals surface area (Å²) >= 11 is 0. The number of non-ortho nitro benzene ring substituents is 1. The van der Waals surface area contributed by atoms with Crippen LogP contribution in [0.5, 0.6) is 0 Å². The van der Waals surface area contributed by atoms with Crippen molar-refractivity contribution in [3.05, 3.63) is 69.3 Å². The van der Waals surface area contributed by atoms with Crippen LogP contribution >= 0.6 is 0 Å². The Morgan fingerprint density at radius 3 is 2.53 bits per heavy atom. The molecule has 1 saturated heterocycles. The zero-order valence-electron chi connectivity index (χ0n) is 26.1. The number of aliphatic hydroxyl groups is 1. The molecule has 0 aliphatic carbocycles. The third-order valence-corrected chi connectivity index (χ3v) is 12.2. The molecule has 0 radical (unpaired) electrons. The Labute approximate surface area is 263 Å². The summed E-state index contributed by atoms with van der Waals surface area (Å²) in [7, 11) is -1.79. The van der Waals surface area contributed by atoms with Gasteiger partial charge in [0.05, 0.1) is 42.9 Å². The summed E-state index contributed by atoms with van der Waals surface area (Å²) in [6.07, 6.45) is 0.689. The van der Waals surface area contributed by atoms with E-state index < -0.39 is 48.4 Å². The van der Waals surface area contributed by atoms with E-state index in [1.165, 1.54) is 19.2 Å². The molecule has 13 heteroatoms. The number of carbonyl (C=O) groups is 3. The zero-order valence-corrected chi connectivity index (χ0v) is 27.1. The number of carbonyl (C=O) groups excluding carboxylic acids is 3. The first-order valence-corrected chi connectivity index (χ1v) is 18.4. The summed E-state index contributed by atoms with van der Waals surface area (Å²) in [5.41, 5.74) is 0.508. The van der Waals surface area contributed by atoms with E-state index in [-0.39, 0.29) is 43.6 Å². The minimum atomic E-state index is -3.10. The van der Waals surface area contributed by atoms with Crippen molar-refractivity contribution in [2.45, 2.75) is 82.0 Å². The van der Waals surface area contributed by atoms with Crippen molar-refractivity contribution in [3.63, 3.8) is 0 Å². The number of esters is 1. The van der Waals surface area contributed by atoms with Crippen molar-refractivity contribution in [3.8, 4) is 0 Å². The van der Waals surface area contributed by atoms with Crippen molar-refractivity contribution in [2.24, 2.45) is 5.92 Å². The molecule has 45 heavy (non-hydrogen) atoms. The summed E-state index contributed by atoms with van der Waals surface area (Å²) in [4.78, 5) is 66.1. The molecule has 2 amide bonds. The van der Waals surface area contributed by atoms with Gasteiger partial charge in [-0.1, -0.05) is 31.2 Å². The summed E-state index contributed by atoms with van der Waals surface area (Å²) in [6, 6.07) is 11.6. The van der Waals surface area contributed by atoms with E-state index in [1.54, 1.807) is 29.0 Å². The first-order valence-electron chi connectivity index (χ1n) is 15.4. The molecule has 0 bridgehead atoms.